The molecule has 3 heterocycles. The maximum Gasteiger partial charge on any atom is 0.280 e. The van der Waals surface area contributed by atoms with Gasteiger partial charge in [-0.15, -0.1) is 0 Å². The van der Waals surface area contributed by atoms with Crippen molar-refractivity contribution >= 4 is 32.6 Å². The molecule has 4 aromatic rings. The molecule has 0 atom stereocenters. The minimum atomic E-state index is -0.307. The van der Waals surface area contributed by atoms with Crippen LogP contribution in [0.5, 0.6) is 11.5 Å². The molecular weight excluding hydrogens is 390 g/mol. The van der Waals surface area contributed by atoms with Crippen molar-refractivity contribution in [3.8, 4) is 11.5 Å². The molecule has 0 bridgehead atoms. The Kier molecular flexibility index (Phi) is 5.30. The number of nitrogens with zero attached hydrogens (tertiary/aromatic N) is 5. The zero-order chi connectivity index (χ0) is 20.2. The summed E-state index contributed by atoms with van der Waals surface area (Å²) in [7, 11) is 3.18. The molecule has 29 heavy (non-hydrogen) atoms. The number of pyridine rings is 1. The van der Waals surface area contributed by atoms with Crippen LogP contribution in [0.2, 0.25) is 0 Å². The monoisotopic (exact) mass is 407 g/mol. The first-order valence-electron chi connectivity index (χ1n) is 8.69. The number of benzene rings is 1. The first kappa shape index (κ1) is 18.8. The SMILES string of the molecule is COc1ccc(OC)c2sc(N(Cc3cccnc3)C(=O)c3cnccn3)nc12. The number of aromatic nitrogens is 4. The smallest absolute Gasteiger partial charge is 0.280 e. The number of rotatable bonds is 6. The summed E-state index contributed by atoms with van der Waals surface area (Å²) in [4.78, 5) is 31.8. The van der Waals surface area contributed by atoms with Gasteiger partial charge in [-0.2, -0.15) is 0 Å². The Hall–Kier alpha value is -3.59. The largest absolute Gasteiger partial charge is 0.495 e. The van der Waals surface area contributed by atoms with Gasteiger partial charge in [0.15, 0.2) is 5.13 Å². The van der Waals surface area contributed by atoms with E-state index in [-0.39, 0.29) is 18.1 Å². The molecule has 9 heteroatoms. The van der Waals surface area contributed by atoms with Crippen molar-refractivity contribution < 1.29 is 14.3 Å². The lowest BCUT2D eigenvalue weighted by Gasteiger charge is -2.19. The first-order chi connectivity index (χ1) is 14.2. The third kappa shape index (κ3) is 3.72. The van der Waals surface area contributed by atoms with Crippen molar-refractivity contribution in [3.05, 3.63) is 66.5 Å². The number of carbonyl (C=O) groups is 1. The molecule has 0 saturated heterocycles. The van der Waals surface area contributed by atoms with Gasteiger partial charge in [0.25, 0.3) is 5.91 Å². The summed E-state index contributed by atoms with van der Waals surface area (Å²) in [6.07, 6.45) is 7.85. The molecule has 4 rings (SSSR count). The second-order valence-corrected chi connectivity index (χ2v) is 6.96. The third-order valence-electron chi connectivity index (χ3n) is 4.22. The summed E-state index contributed by atoms with van der Waals surface area (Å²) in [6.45, 7) is 0.285. The van der Waals surface area contributed by atoms with Gasteiger partial charge in [-0.1, -0.05) is 17.4 Å². The highest BCUT2D eigenvalue weighted by atomic mass is 32.1. The summed E-state index contributed by atoms with van der Waals surface area (Å²) in [5.41, 5.74) is 1.73. The van der Waals surface area contributed by atoms with Crippen LogP contribution in [-0.2, 0) is 6.54 Å². The molecule has 0 aliphatic carbocycles. The van der Waals surface area contributed by atoms with Crippen molar-refractivity contribution in [1.29, 1.82) is 0 Å². The Morgan fingerprint density at radius 1 is 1.03 bits per heavy atom. The van der Waals surface area contributed by atoms with Gasteiger partial charge in [-0.05, 0) is 23.8 Å². The summed E-state index contributed by atoms with van der Waals surface area (Å²) >= 11 is 1.35. The highest BCUT2D eigenvalue weighted by Gasteiger charge is 2.25. The molecule has 1 aromatic carbocycles. The Morgan fingerprint density at radius 3 is 2.52 bits per heavy atom. The third-order valence-corrected chi connectivity index (χ3v) is 5.31. The fraction of sp³-hybridized carbons (Fsp3) is 0.150. The Labute approximate surface area is 170 Å². The van der Waals surface area contributed by atoms with Gasteiger partial charge in [-0.25, -0.2) is 9.97 Å². The van der Waals surface area contributed by atoms with Crippen molar-refractivity contribution in [2.75, 3.05) is 19.1 Å². The normalized spacial score (nSPS) is 10.7. The Bertz CT molecular complexity index is 1090. The predicted octanol–water partition coefficient (Wildman–Crippen LogP) is 3.35. The van der Waals surface area contributed by atoms with Crippen molar-refractivity contribution in [1.82, 2.24) is 19.9 Å². The molecule has 8 nitrogen and oxygen atoms in total. The Morgan fingerprint density at radius 2 is 1.83 bits per heavy atom. The van der Waals surface area contributed by atoms with Gasteiger partial charge in [0.2, 0.25) is 0 Å². The Balaban J connectivity index is 1.83. The first-order valence-corrected chi connectivity index (χ1v) is 9.51. The standard InChI is InChI=1S/C20H17N5O3S/c1-27-15-5-6-16(28-2)18-17(15)24-20(29-18)25(12-13-4-3-7-21-10-13)19(26)14-11-22-8-9-23-14/h3-11H,12H2,1-2H3. The maximum atomic E-state index is 13.2. The predicted molar refractivity (Wildman–Crippen MR) is 110 cm³/mol. The van der Waals surface area contributed by atoms with Crippen LogP contribution in [0.3, 0.4) is 0 Å². The lowest BCUT2D eigenvalue weighted by Crippen LogP contribution is -2.31. The minimum absolute atomic E-state index is 0.231. The number of fused-ring (bicyclic) bond motifs is 1. The van der Waals surface area contributed by atoms with Crippen molar-refractivity contribution in [3.63, 3.8) is 0 Å². The molecule has 0 fully saturated rings. The topological polar surface area (TPSA) is 90.3 Å². The fourth-order valence-corrected chi connectivity index (χ4v) is 3.91. The van der Waals surface area contributed by atoms with Crippen LogP contribution >= 0.6 is 11.3 Å². The fourth-order valence-electron chi connectivity index (χ4n) is 2.84. The summed E-state index contributed by atoms with van der Waals surface area (Å²) in [6, 6.07) is 7.34. The van der Waals surface area contributed by atoms with Crippen LogP contribution in [0, 0.1) is 0 Å². The van der Waals surface area contributed by atoms with Crippen LogP contribution in [0.15, 0.2) is 55.2 Å². The van der Waals surface area contributed by atoms with Crippen LogP contribution in [0.25, 0.3) is 10.2 Å². The van der Waals surface area contributed by atoms with E-state index in [1.165, 1.54) is 29.9 Å². The number of anilines is 1. The van der Waals surface area contributed by atoms with E-state index in [1.807, 2.05) is 18.2 Å². The quantitative estimate of drug-likeness (QED) is 0.484. The average Bonchev–Trinajstić information content (AvgIpc) is 3.23. The van der Waals surface area contributed by atoms with Gasteiger partial charge >= 0.3 is 0 Å². The van der Waals surface area contributed by atoms with Crippen LogP contribution in [0.4, 0.5) is 5.13 Å². The number of hydrogen-bond acceptors (Lipinski definition) is 8. The summed E-state index contributed by atoms with van der Waals surface area (Å²) < 4.78 is 11.7. The second kappa shape index (κ2) is 8.19. The lowest BCUT2D eigenvalue weighted by molar-refractivity contribution is 0.0980. The van der Waals surface area contributed by atoms with Crippen LogP contribution in [-0.4, -0.2) is 40.1 Å². The molecule has 0 N–H and O–H groups in total. The molecular formula is C20H17N5O3S. The number of ether oxygens (including phenoxy) is 2. The number of hydrogen-bond donors (Lipinski definition) is 0. The summed E-state index contributed by atoms with van der Waals surface area (Å²) in [5, 5.41) is 0.502. The molecule has 1 amide bonds. The zero-order valence-corrected chi connectivity index (χ0v) is 16.6. The van der Waals surface area contributed by atoms with E-state index >= 15 is 0 Å². The average molecular weight is 407 g/mol. The highest BCUT2D eigenvalue weighted by molar-refractivity contribution is 7.22. The minimum Gasteiger partial charge on any atom is -0.495 e. The van der Waals surface area contributed by atoms with Crippen LogP contribution in [0.1, 0.15) is 16.1 Å². The van der Waals surface area contributed by atoms with E-state index in [0.717, 1.165) is 10.3 Å². The van der Waals surface area contributed by atoms with Gasteiger partial charge in [0.05, 0.1) is 27.0 Å². The van der Waals surface area contributed by atoms with Gasteiger partial charge < -0.3 is 9.47 Å². The molecule has 0 saturated carbocycles. The van der Waals surface area contributed by atoms with E-state index in [2.05, 4.69) is 19.9 Å². The maximum absolute atomic E-state index is 13.2. The molecule has 0 aliphatic rings. The number of carbonyl (C=O) groups excluding carboxylic acids is 1. The van der Waals surface area contributed by atoms with E-state index in [9.17, 15) is 4.79 Å². The van der Waals surface area contributed by atoms with Crippen molar-refractivity contribution in [2.45, 2.75) is 6.54 Å². The second-order valence-electron chi connectivity index (χ2n) is 5.99. The van der Waals surface area contributed by atoms with Crippen LogP contribution < -0.4 is 14.4 Å². The zero-order valence-electron chi connectivity index (χ0n) is 15.8. The van der Waals surface area contributed by atoms with E-state index in [1.54, 1.807) is 37.6 Å². The molecule has 0 spiro atoms. The summed E-state index contributed by atoms with van der Waals surface area (Å²) in [5.74, 6) is 0.966. The van der Waals surface area contributed by atoms with Crippen molar-refractivity contribution in [2.24, 2.45) is 0 Å². The van der Waals surface area contributed by atoms with E-state index in [0.29, 0.717) is 22.1 Å². The van der Waals surface area contributed by atoms with E-state index in [4.69, 9.17) is 9.47 Å². The number of methoxy groups -OCH3 is 2. The number of amides is 1. The molecule has 0 radical (unpaired) electrons. The highest BCUT2D eigenvalue weighted by Crippen LogP contribution is 2.40. The molecule has 146 valence electrons. The lowest BCUT2D eigenvalue weighted by atomic mass is 10.2. The van der Waals surface area contributed by atoms with E-state index < -0.39 is 0 Å². The van der Waals surface area contributed by atoms with Gasteiger partial charge in [0, 0.05) is 24.8 Å². The molecule has 3 aromatic heterocycles. The molecule has 0 unspecified atom stereocenters. The number of thiazole rings is 1. The van der Waals surface area contributed by atoms with Gasteiger partial charge in [0.1, 0.15) is 27.4 Å². The van der Waals surface area contributed by atoms with Gasteiger partial charge in [-0.3, -0.25) is 19.7 Å². The molecule has 0 aliphatic heterocycles.